The quantitative estimate of drug-likeness (QED) is 0.532. The van der Waals surface area contributed by atoms with Gasteiger partial charge in [0, 0.05) is 19.8 Å². The van der Waals surface area contributed by atoms with Crippen molar-refractivity contribution < 1.29 is 13.6 Å². The maximum atomic E-state index is 6.02. The first kappa shape index (κ1) is 17.1. The zero-order chi connectivity index (χ0) is 13.1. The second-order valence-electron chi connectivity index (χ2n) is 4.48. The summed E-state index contributed by atoms with van der Waals surface area (Å²) in [6.45, 7) is 13.0. The summed E-state index contributed by atoms with van der Waals surface area (Å²) in [4.78, 5) is 0. The van der Waals surface area contributed by atoms with Crippen LogP contribution in [0.25, 0.3) is 0 Å². The average Bonchev–Trinajstić information content (AvgIpc) is 2.35. The summed E-state index contributed by atoms with van der Waals surface area (Å²) in [5.74, 6) is 0. The molecule has 0 aromatic rings. The normalized spacial score (nSPS) is 13.9. The molecule has 3 nitrogen and oxygen atoms in total. The Kier molecular flexibility index (Phi) is 10.1. The van der Waals surface area contributed by atoms with E-state index in [9.17, 15) is 0 Å². The molecule has 0 spiro atoms. The molecule has 0 radical (unpaired) electrons. The fourth-order valence-corrected chi connectivity index (χ4v) is 4.57. The Balaban J connectivity index is 4.46. The van der Waals surface area contributed by atoms with Crippen LogP contribution in [-0.4, -0.2) is 34.1 Å². The molecule has 0 aromatic carbocycles. The minimum Gasteiger partial charge on any atom is -0.393 e. The smallest absolute Gasteiger partial charge is 0.364 e. The van der Waals surface area contributed by atoms with Crippen LogP contribution in [0.3, 0.4) is 0 Å². The molecule has 0 fully saturated rings. The monoisotopic (exact) mass is 262 g/mol. The second-order valence-corrected chi connectivity index (χ2v) is 7.73. The van der Waals surface area contributed by atoms with Gasteiger partial charge in [-0.05, 0) is 32.2 Å². The number of rotatable bonds is 11. The summed E-state index contributed by atoms with van der Waals surface area (Å²) in [7, 11) is -2.18. The van der Waals surface area contributed by atoms with Gasteiger partial charge < -0.3 is 13.6 Å². The third-order valence-corrected chi connectivity index (χ3v) is 5.96. The van der Waals surface area contributed by atoms with E-state index >= 15 is 0 Å². The van der Waals surface area contributed by atoms with Crippen LogP contribution in [0.2, 0.25) is 6.55 Å². The first-order valence-electron chi connectivity index (χ1n) is 7.04. The van der Waals surface area contributed by atoms with Gasteiger partial charge in [0.05, 0.1) is 0 Å². The fraction of sp³-hybridized carbons (Fsp3) is 1.00. The van der Waals surface area contributed by atoms with Crippen molar-refractivity contribution in [2.75, 3.05) is 19.8 Å². The lowest BCUT2D eigenvalue weighted by molar-refractivity contribution is 0.0440. The van der Waals surface area contributed by atoms with Gasteiger partial charge in [-0.3, -0.25) is 0 Å². The maximum Gasteiger partial charge on any atom is 0.364 e. The first-order valence-corrected chi connectivity index (χ1v) is 9.43. The van der Waals surface area contributed by atoms with Crippen molar-refractivity contribution in [3.05, 3.63) is 0 Å². The molecule has 0 aromatic heterocycles. The highest BCUT2D eigenvalue weighted by Crippen LogP contribution is 2.19. The van der Waals surface area contributed by atoms with Gasteiger partial charge in [-0.2, -0.15) is 0 Å². The topological polar surface area (TPSA) is 27.7 Å². The summed E-state index contributed by atoms with van der Waals surface area (Å²) in [5, 5.41) is 0. The summed E-state index contributed by atoms with van der Waals surface area (Å²) in [6, 6.07) is 0. The van der Waals surface area contributed by atoms with Crippen LogP contribution in [0.15, 0.2) is 0 Å². The number of hydrogen-bond acceptors (Lipinski definition) is 3. The van der Waals surface area contributed by atoms with Crippen LogP contribution in [0.1, 0.15) is 53.4 Å². The predicted octanol–water partition coefficient (Wildman–Crippen LogP) is 3.66. The molecule has 1 unspecified atom stereocenters. The second kappa shape index (κ2) is 10.1. The van der Waals surface area contributed by atoms with Crippen LogP contribution in [0.4, 0.5) is 0 Å². The van der Waals surface area contributed by atoms with Gasteiger partial charge in [0.25, 0.3) is 0 Å². The van der Waals surface area contributed by atoms with Crippen LogP contribution < -0.4 is 0 Å². The third-order valence-electron chi connectivity index (χ3n) is 2.66. The molecule has 0 aliphatic heterocycles. The molecule has 0 aliphatic carbocycles. The first-order chi connectivity index (χ1) is 8.14. The van der Waals surface area contributed by atoms with E-state index in [1.54, 1.807) is 0 Å². The maximum absolute atomic E-state index is 6.02. The molecule has 104 valence electrons. The largest absolute Gasteiger partial charge is 0.393 e. The van der Waals surface area contributed by atoms with Crippen molar-refractivity contribution in [1.82, 2.24) is 0 Å². The molecule has 0 N–H and O–H groups in total. The fourth-order valence-electron chi connectivity index (χ4n) is 1.74. The lowest BCUT2D eigenvalue weighted by atomic mass is 10.5. The van der Waals surface area contributed by atoms with Crippen LogP contribution in [0, 0.1) is 0 Å². The number of ether oxygens (including phenoxy) is 1. The predicted molar refractivity (Wildman–Crippen MR) is 74.4 cm³/mol. The van der Waals surface area contributed by atoms with Crippen molar-refractivity contribution in [2.45, 2.75) is 65.7 Å². The molecular weight excluding hydrogens is 232 g/mol. The zero-order valence-electron chi connectivity index (χ0n) is 12.3. The van der Waals surface area contributed by atoms with Crippen LogP contribution >= 0.6 is 0 Å². The lowest BCUT2D eigenvalue weighted by Gasteiger charge is -2.33. The van der Waals surface area contributed by atoms with Gasteiger partial charge in [0.15, 0.2) is 0 Å². The van der Waals surface area contributed by atoms with Crippen LogP contribution in [0.5, 0.6) is 0 Å². The third kappa shape index (κ3) is 6.55. The van der Waals surface area contributed by atoms with Crippen molar-refractivity contribution >= 4 is 8.56 Å². The van der Waals surface area contributed by atoms with Gasteiger partial charge in [0.1, 0.15) is 5.73 Å². The van der Waals surface area contributed by atoms with Crippen molar-refractivity contribution in [3.8, 4) is 0 Å². The molecule has 0 heterocycles. The minimum atomic E-state index is -2.18. The summed E-state index contributed by atoms with van der Waals surface area (Å²) < 4.78 is 18.0. The molecular formula is C13H30O3Si. The van der Waals surface area contributed by atoms with Crippen molar-refractivity contribution in [3.63, 3.8) is 0 Å². The zero-order valence-corrected chi connectivity index (χ0v) is 13.3. The highest BCUT2D eigenvalue weighted by Gasteiger charge is 2.41. The van der Waals surface area contributed by atoms with E-state index < -0.39 is 8.56 Å². The molecule has 1 atom stereocenters. The summed E-state index contributed by atoms with van der Waals surface area (Å²) in [6.07, 6.45) is 4.07. The lowest BCUT2D eigenvalue weighted by Crippen LogP contribution is -2.52. The molecule has 0 rings (SSSR count). The van der Waals surface area contributed by atoms with Gasteiger partial charge in [-0.15, -0.1) is 0 Å². The summed E-state index contributed by atoms with van der Waals surface area (Å²) in [5.41, 5.74) is 0.153. The molecule has 0 saturated carbocycles. The van der Waals surface area contributed by atoms with E-state index in [4.69, 9.17) is 13.6 Å². The van der Waals surface area contributed by atoms with Gasteiger partial charge in [0.2, 0.25) is 0 Å². The van der Waals surface area contributed by atoms with Gasteiger partial charge >= 0.3 is 8.56 Å². The van der Waals surface area contributed by atoms with Gasteiger partial charge in [-0.25, -0.2) is 0 Å². The highest BCUT2D eigenvalue weighted by atomic mass is 28.4. The summed E-state index contributed by atoms with van der Waals surface area (Å²) >= 11 is 0. The molecule has 0 amide bonds. The Hall–Kier alpha value is 0.0969. The van der Waals surface area contributed by atoms with E-state index in [1.807, 2.05) is 0 Å². The van der Waals surface area contributed by atoms with Crippen molar-refractivity contribution in [2.24, 2.45) is 0 Å². The highest BCUT2D eigenvalue weighted by molar-refractivity contribution is 6.67. The Morgan fingerprint density at radius 3 is 1.65 bits per heavy atom. The van der Waals surface area contributed by atoms with E-state index in [0.29, 0.717) is 0 Å². The van der Waals surface area contributed by atoms with E-state index in [2.05, 4.69) is 34.2 Å². The molecule has 0 saturated heterocycles. The number of hydrogen-bond donors (Lipinski definition) is 0. The molecule has 4 heteroatoms. The average molecular weight is 262 g/mol. The Bertz CT molecular complexity index is 168. The van der Waals surface area contributed by atoms with E-state index in [-0.39, 0.29) is 5.73 Å². The molecule has 17 heavy (non-hydrogen) atoms. The SMILES string of the molecule is CCCOC(CC)[Si](C)(OCCC)OCCC. The van der Waals surface area contributed by atoms with Gasteiger partial charge in [-0.1, -0.05) is 27.7 Å². The van der Waals surface area contributed by atoms with E-state index in [1.165, 1.54) is 0 Å². The molecule has 0 bridgehead atoms. The Morgan fingerprint density at radius 2 is 1.29 bits per heavy atom. The van der Waals surface area contributed by atoms with E-state index in [0.717, 1.165) is 45.5 Å². The standard InChI is InChI=1S/C13H30O3Si/c1-6-10-14-13(9-4)17(5,15-11-7-2)16-12-8-3/h13H,6-12H2,1-5H3. The Morgan fingerprint density at radius 1 is 0.824 bits per heavy atom. The van der Waals surface area contributed by atoms with Crippen molar-refractivity contribution in [1.29, 1.82) is 0 Å². The van der Waals surface area contributed by atoms with Crippen LogP contribution in [-0.2, 0) is 13.6 Å². The minimum absolute atomic E-state index is 0.153. The molecule has 0 aliphatic rings. The Labute approximate surface area is 108 Å².